The maximum Gasteiger partial charge on any atom is 0.161 e. The molecule has 1 spiro atoms. The van der Waals surface area contributed by atoms with Crippen LogP contribution >= 0.6 is 0 Å². The molecule has 0 amide bonds. The smallest absolute Gasteiger partial charge is 0.161 e. The second-order valence-electron chi connectivity index (χ2n) is 8.71. The molecule has 0 bridgehead atoms. The minimum Gasteiger partial charge on any atom is -0.371 e. The quantitative estimate of drug-likeness (QED) is 0.665. The molecule has 4 heteroatoms. The van der Waals surface area contributed by atoms with E-state index in [-0.39, 0.29) is 5.54 Å². The van der Waals surface area contributed by atoms with Gasteiger partial charge in [-0.25, -0.2) is 9.97 Å². The molecule has 1 saturated carbocycles. The molecule has 2 aliphatic rings. The average Bonchev–Trinajstić information content (AvgIpc) is 3.18. The number of rotatable bonds is 3. The molecule has 1 N–H and O–H groups in total. The second kappa shape index (κ2) is 6.77. The number of nitrogens with zero attached hydrogens (tertiary/aromatic N) is 3. The van der Waals surface area contributed by atoms with Gasteiger partial charge in [0.25, 0.3) is 0 Å². The molecular weight excluding hydrogens is 344 g/mol. The molecule has 0 saturated heterocycles. The number of hydrogen-bond donors (Lipinski definition) is 1. The summed E-state index contributed by atoms with van der Waals surface area (Å²) in [6.45, 7) is 4.42. The zero-order chi connectivity index (χ0) is 19.1. The molecule has 0 unspecified atom stereocenters. The van der Waals surface area contributed by atoms with E-state index in [1.54, 1.807) is 0 Å². The van der Waals surface area contributed by atoms with E-state index in [1.165, 1.54) is 30.5 Å². The van der Waals surface area contributed by atoms with Crippen molar-refractivity contribution in [2.24, 2.45) is 5.92 Å². The summed E-state index contributed by atoms with van der Waals surface area (Å²) in [5.41, 5.74) is 3.86. The fraction of sp³-hybridized carbons (Fsp3) is 0.417. The normalized spacial score (nSPS) is 23.3. The minimum absolute atomic E-state index is 0.0244. The van der Waals surface area contributed by atoms with Gasteiger partial charge in [0, 0.05) is 12.1 Å². The molecule has 1 aromatic carbocycles. The van der Waals surface area contributed by atoms with Gasteiger partial charge >= 0.3 is 0 Å². The first kappa shape index (κ1) is 17.5. The van der Waals surface area contributed by atoms with Crippen molar-refractivity contribution in [3.63, 3.8) is 0 Å². The molecule has 1 aliphatic carbocycles. The highest BCUT2D eigenvalue weighted by molar-refractivity contribution is 5.63. The van der Waals surface area contributed by atoms with Gasteiger partial charge in [0.1, 0.15) is 5.82 Å². The Balaban J connectivity index is 1.46. The Morgan fingerprint density at radius 1 is 1.07 bits per heavy atom. The summed E-state index contributed by atoms with van der Waals surface area (Å²) in [7, 11) is 0. The van der Waals surface area contributed by atoms with Crippen LogP contribution in [0.2, 0.25) is 0 Å². The van der Waals surface area contributed by atoms with E-state index in [0.717, 1.165) is 36.1 Å². The van der Waals surface area contributed by atoms with Crippen molar-refractivity contribution in [2.45, 2.75) is 57.4 Å². The zero-order valence-electron chi connectivity index (χ0n) is 16.7. The van der Waals surface area contributed by atoms with Crippen molar-refractivity contribution >= 4 is 5.69 Å². The maximum absolute atomic E-state index is 4.82. The Hall–Kier alpha value is -2.62. The van der Waals surface area contributed by atoms with Crippen molar-refractivity contribution in [1.82, 2.24) is 14.5 Å². The molecule has 144 valence electrons. The van der Waals surface area contributed by atoms with Gasteiger partial charge in [-0.2, -0.15) is 0 Å². The van der Waals surface area contributed by atoms with Gasteiger partial charge in [-0.1, -0.05) is 44.2 Å². The molecule has 28 heavy (non-hydrogen) atoms. The predicted octanol–water partition coefficient (Wildman–Crippen LogP) is 5.44. The Labute approximate surface area is 167 Å². The lowest BCUT2D eigenvalue weighted by Crippen LogP contribution is -2.44. The molecular formula is C24H28N4. The van der Waals surface area contributed by atoms with Crippen molar-refractivity contribution < 1.29 is 0 Å². The predicted molar refractivity (Wildman–Crippen MR) is 113 cm³/mol. The molecule has 1 fully saturated rings. The summed E-state index contributed by atoms with van der Waals surface area (Å²) in [4.78, 5) is 9.50. The lowest BCUT2D eigenvalue weighted by molar-refractivity contribution is 0.244. The molecule has 0 atom stereocenters. The van der Waals surface area contributed by atoms with Crippen LogP contribution in [0.5, 0.6) is 0 Å². The third-order valence-corrected chi connectivity index (χ3v) is 6.49. The largest absolute Gasteiger partial charge is 0.371 e. The van der Waals surface area contributed by atoms with E-state index in [9.17, 15) is 0 Å². The van der Waals surface area contributed by atoms with Crippen molar-refractivity contribution in [3.8, 4) is 5.82 Å². The van der Waals surface area contributed by atoms with Crippen molar-refractivity contribution in [2.75, 3.05) is 5.32 Å². The first-order chi connectivity index (χ1) is 13.7. The van der Waals surface area contributed by atoms with Gasteiger partial charge in [-0.15, -0.1) is 0 Å². The number of fused-ring (bicyclic) bond motifs is 4. The average molecular weight is 373 g/mol. The van der Waals surface area contributed by atoms with E-state index in [4.69, 9.17) is 4.98 Å². The van der Waals surface area contributed by atoms with Gasteiger partial charge < -0.3 is 5.32 Å². The molecule has 2 aromatic heterocycles. The lowest BCUT2D eigenvalue weighted by Gasteiger charge is -2.45. The van der Waals surface area contributed by atoms with Gasteiger partial charge in [0.15, 0.2) is 5.82 Å². The van der Waals surface area contributed by atoms with Crippen LogP contribution < -0.4 is 5.32 Å². The first-order valence-corrected chi connectivity index (χ1v) is 10.5. The Morgan fingerprint density at radius 3 is 2.61 bits per heavy atom. The highest BCUT2D eigenvalue weighted by Crippen LogP contribution is 2.47. The monoisotopic (exact) mass is 372 g/mol. The van der Waals surface area contributed by atoms with Crippen molar-refractivity contribution in [3.05, 3.63) is 71.9 Å². The van der Waals surface area contributed by atoms with Crippen molar-refractivity contribution in [1.29, 1.82) is 0 Å². The standard InChI is InChI=1S/C24H28N4/c1-17(2)22-26-16-21-24(27-20-9-6-14-25-23(20)28(21)22)12-10-19(11-13-24)15-18-7-4-3-5-8-18/h3-9,14,16-17,19,27H,10-13,15H2,1-2H3. The summed E-state index contributed by atoms with van der Waals surface area (Å²) >= 11 is 0. The van der Waals surface area contributed by atoms with Gasteiger partial charge in [-0.05, 0) is 55.7 Å². The Kier molecular flexibility index (Phi) is 4.22. The topological polar surface area (TPSA) is 42.7 Å². The van der Waals surface area contributed by atoms with Crippen LogP contribution in [0.25, 0.3) is 5.82 Å². The molecule has 3 aromatic rings. The van der Waals surface area contributed by atoms with E-state index in [2.05, 4.69) is 71.3 Å². The fourth-order valence-electron chi connectivity index (χ4n) is 5.03. The van der Waals surface area contributed by atoms with Crippen LogP contribution in [0.4, 0.5) is 5.69 Å². The van der Waals surface area contributed by atoms with Crippen LogP contribution in [0.15, 0.2) is 54.9 Å². The van der Waals surface area contributed by atoms with Crippen LogP contribution in [-0.4, -0.2) is 14.5 Å². The number of benzene rings is 1. The van der Waals surface area contributed by atoms with Gasteiger partial charge in [0.2, 0.25) is 0 Å². The summed E-state index contributed by atoms with van der Waals surface area (Å²) < 4.78 is 2.33. The van der Waals surface area contributed by atoms with Gasteiger partial charge in [0.05, 0.1) is 23.1 Å². The number of hydrogen-bond acceptors (Lipinski definition) is 3. The van der Waals surface area contributed by atoms with Crippen LogP contribution in [-0.2, 0) is 12.0 Å². The van der Waals surface area contributed by atoms with Crippen LogP contribution in [0.3, 0.4) is 0 Å². The highest BCUT2D eigenvalue weighted by atomic mass is 15.2. The third kappa shape index (κ3) is 2.83. The van der Waals surface area contributed by atoms with E-state index < -0.39 is 0 Å². The summed E-state index contributed by atoms with van der Waals surface area (Å²) in [5.74, 6) is 3.23. The van der Waals surface area contributed by atoms with Gasteiger partial charge in [-0.3, -0.25) is 4.57 Å². The SMILES string of the molecule is CC(C)c1ncc2n1-c1ncccc1NC21CCC(Cc2ccccc2)CC1. The minimum atomic E-state index is -0.0244. The third-order valence-electron chi connectivity index (χ3n) is 6.49. The van der Waals surface area contributed by atoms with E-state index >= 15 is 0 Å². The zero-order valence-corrected chi connectivity index (χ0v) is 16.7. The molecule has 3 heterocycles. The fourth-order valence-corrected chi connectivity index (χ4v) is 5.03. The summed E-state index contributed by atoms with van der Waals surface area (Å²) in [6, 6.07) is 15.1. The summed E-state index contributed by atoms with van der Waals surface area (Å²) in [5, 5.41) is 3.88. The van der Waals surface area contributed by atoms with Crippen LogP contribution in [0, 0.1) is 5.92 Å². The summed E-state index contributed by atoms with van der Waals surface area (Å²) in [6.07, 6.45) is 9.91. The Morgan fingerprint density at radius 2 is 1.86 bits per heavy atom. The number of nitrogens with one attached hydrogen (secondary N) is 1. The molecule has 0 radical (unpaired) electrons. The van der Waals surface area contributed by atoms with E-state index in [1.807, 2.05) is 12.3 Å². The molecule has 1 aliphatic heterocycles. The number of aromatic nitrogens is 3. The number of imidazole rings is 1. The Bertz CT molecular complexity index is 965. The van der Waals surface area contributed by atoms with E-state index in [0.29, 0.717) is 5.92 Å². The number of anilines is 1. The lowest BCUT2D eigenvalue weighted by atomic mass is 9.72. The number of pyridine rings is 1. The maximum atomic E-state index is 4.82. The van der Waals surface area contributed by atoms with Crippen LogP contribution in [0.1, 0.15) is 62.5 Å². The second-order valence-corrected chi connectivity index (χ2v) is 8.71. The first-order valence-electron chi connectivity index (χ1n) is 10.5. The molecule has 5 rings (SSSR count). The highest BCUT2D eigenvalue weighted by Gasteiger charge is 2.43. The molecule has 4 nitrogen and oxygen atoms in total.